The number of nitrogens with zero attached hydrogens (tertiary/aromatic N) is 1. The first-order chi connectivity index (χ1) is 11.3. The van der Waals surface area contributed by atoms with Gasteiger partial charge in [-0.2, -0.15) is 0 Å². The molecule has 2 unspecified atom stereocenters. The highest BCUT2D eigenvalue weighted by Gasteiger charge is 2.59. The number of likely N-dealkylation sites (tertiary alicyclic amines) is 1. The molecule has 1 aliphatic heterocycles. The maximum Gasteiger partial charge on any atom is 0.252 e. The number of aromatic hydroxyl groups is 1. The third-order valence-corrected chi connectivity index (χ3v) is 6.66. The Labute approximate surface area is 142 Å². The van der Waals surface area contributed by atoms with Gasteiger partial charge in [-0.15, -0.1) is 0 Å². The second-order valence-electron chi connectivity index (χ2n) is 8.22. The number of hydrogen-bond acceptors (Lipinski definition) is 3. The number of benzene rings is 1. The molecule has 0 radical (unpaired) electrons. The van der Waals surface area contributed by atoms with Gasteiger partial charge in [0.05, 0.1) is 38.3 Å². The first kappa shape index (κ1) is 15.7. The van der Waals surface area contributed by atoms with E-state index in [9.17, 15) is 15.0 Å². The maximum atomic E-state index is 11.7. The summed E-state index contributed by atoms with van der Waals surface area (Å²) in [6, 6.07) is 3.99. The van der Waals surface area contributed by atoms with E-state index in [1.165, 1.54) is 0 Å². The van der Waals surface area contributed by atoms with Gasteiger partial charge in [-0.1, -0.05) is 18.2 Å². The van der Waals surface area contributed by atoms with Crippen LogP contribution in [0.15, 0.2) is 24.3 Å². The second kappa shape index (κ2) is 4.83. The Kier molecular flexibility index (Phi) is 3.15. The Morgan fingerprint density at radius 3 is 2.79 bits per heavy atom. The van der Waals surface area contributed by atoms with Crippen molar-refractivity contribution in [3.8, 4) is 5.75 Å². The van der Waals surface area contributed by atoms with Crippen LogP contribution in [-0.4, -0.2) is 53.4 Å². The first-order valence-electron chi connectivity index (χ1n) is 8.60. The van der Waals surface area contributed by atoms with E-state index in [-0.39, 0.29) is 22.6 Å². The number of likely N-dealkylation sites (N-methyl/N-ethyl adjacent to an activating group) is 1. The molecule has 0 aromatic heterocycles. The number of carbonyl (C=O) groups is 1. The molecule has 24 heavy (non-hydrogen) atoms. The number of aliphatic hydroxyl groups is 1. The molecule has 1 aromatic rings. The highest BCUT2D eigenvalue weighted by atomic mass is 16.3. The van der Waals surface area contributed by atoms with Crippen LogP contribution >= 0.6 is 0 Å². The van der Waals surface area contributed by atoms with E-state index >= 15 is 0 Å². The van der Waals surface area contributed by atoms with Crippen molar-refractivity contribution in [3.05, 3.63) is 41.0 Å². The zero-order valence-corrected chi connectivity index (χ0v) is 14.2. The van der Waals surface area contributed by atoms with Crippen LogP contribution < -0.4 is 5.73 Å². The lowest BCUT2D eigenvalue weighted by atomic mass is 9.53. The lowest BCUT2D eigenvalue weighted by Crippen LogP contribution is -2.67. The third kappa shape index (κ3) is 1.91. The predicted molar refractivity (Wildman–Crippen MR) is 90.6 cm³/mol. The number of nitrogens with two attached hydrogens (primary N) is 1. The van der Waals surface area contributed by atoms with E-state index in [0.29, 0.717) is 12.5 Å². The molecule has 1 heterocycles. The Balaban J connectivity index is 1.99. The maximum absolute atomic E-state index is 11.7. The molecule has 2 bridgehead atoms. The second-order valence-corrected chi connectivity index (χ2v) is 8.22. The first-order valence-corrected chi connectivity index (χ1v) is 8.60. The van der Waals surface area contributed by atoms with Gasteiger partial charge >= 0.3 is 0 Å². The molecule has 1 aromatic carbocycles. The van der Waals surface area contributed by atoms with Gasteiger partial charge in [0.15, 0.2) is 0 Å². The summed E-state index contributed by atoms with van der Waals surface area (Å²) >= 11 is 0. The van der Waals surface area contributed by atoms with Crippen molar-refractivity contribution < 1.29 is 19.5 Å². The van der Waals surface area contributed by atoms with Crippen LogP contribution in [0.1, 0.15) is 34.3 Å². The molecule has 4 atom stereocenters. The smallest absolute Gasteiger partial charge is 0.252 e. The highest BCUT2D eigenvalue weighted by Crippen LogP contribution is 2.57. The van der Waals surface area contributed by atoms with E-state index in [0.717, 1.165) is 35.0 Å². The van der Waals surface area contributed by atoms with E-state index in [1.54, 1.807) is 6.07 Å². The van der Waals surface area contributed by atoms with Crippen LogP contribution in [0.25, 0.3) is 0 Å². The summed E-state index contributed by atoms with van der Waals surface area (Å²) in [5.41, 5.74) is 7.26. The van der Waals surface area contributed by atoms with Crippen LogP contribution in [0.5, 0.6) is 5.75 Å². The summed E-state index contributed by atoms with van der Waals surface area (Å²) in [6.45, 7) is 0.988. The number of rotatable bonds is 1. The average Bonchev–Trinajstić information content (AvgIpc) is 2.50. The minimum Gasteiger partial charge on any atom is -0.507 e. The van der Waals surface area contributed by atoms with Crippen molar-refractivity contribution in [2.75, 3.05) is 20.6 Å². The molecule has 0 saturated carbocycles. The van der Waals surface area contributed by atoms with Crippen LogP contribution in [0.2, 0.25) is 0 Å². The van der Waals surface area contributed by atoms with E-state index in [4.69, 9.17) is 5.73 Å². The Bertz CT molecular complexity index is 755. The number of fused-ring (bicyclic) bond motifs is 1. The SMILES string of the molecule is C[N+]1(C)CC[C@]23CC(O)C=CC2[C@H]1Cc1ccc(C(N)=O)c(O)c13. The van der Waals surface area contributed by atoms with Crippen molar-refractivity contribution in [2.24, 2.45) is 11.7 Å². The van der Waals surface area contributed by atoms with Crippen molar-refractivity contribution >= 4 is 5.91 Å². The van der Waals surface area contributed by atoms with E-state index in [2.05, 4.69) is 20.2 Å². The molecule has 5 nitrogen and oxygen atoms in total. The summed E-state index contributed by atoms with van der Waals surface area (Å²) in [5, 5.41) is 21.2. The highest BCUT2D eigenvalue weighted by molar-refractivity contribution is 5.96. The number of carbonyl (C=O) groups excluding carboxylic acids is 1. The van der Waals surface area contributed by atoms with Crippen LogP contribution in [0.3, 0.4) is 0 Å². The number of aliphatic hydroxyl groups excluding tert-OH is 1. The summed E-state index contributed by atoms with van der Waals surface area (Å²) < 4.78 is 0.935. The van der Waals surface area contributed by atoms with Crippen LogP contribution in [0.4, 0.5) is 0 Å². The quantitative estimate of drug-likeness (QED) is 0.532. The third-order valence-electron chi connectivity index (χ3n) is 6.66. The van der Waals surface area contributed by atoms with Crippen molar-refractivity contribution in [1.29, 1.82) is 0 Å². The normalized spacial score (nSPS) is 35.9. The molecule has 1 amide bonds. The van der Waals surface area contributed by atoms with Gasteiger partial charge in [-0.05, 0) is 18.1 Å². The molecular weight excluding hydrogens is 304 g/mol. The Morgan fingerprint density at radius 1 is 1.33 bits per heavy atom. The number of hydrogen-bond donors (Lipinski definition) is 3. The molecular formula is C19H25N2O3+. The standard InChI is InChI=1S/C19H24N2O3/c1-21(2)8-7-19-10-12(22)4-6-14(19)15(21)9-11-3-5-13(18(20)24)17(23)16(11)19/h3-6,12,14-15,22H,7-10H2,1-2H3,(H2-,20,23,24)/p+1/t12?,14?,15-,19+/m1/s1. The number of piperidine rings is 1. The van der Waals surface area contributed by atoms with E-state index in [1.807, 2.05) is 12.1 Å². The lowest BCUT2D eigenvalue weighted by Gasteiger charge is -2.59. The van der Waals surface area contributed by atoms with Crippen molar-refractivity contribution in [3.63, 3.8) is 0 Å². The van der Waals surface area contributed by atoms with Crippen molar-refractivity contribution in [1.82, 2.24) is 0 Å². The van der Waals surface area contributed by atoms with E-state index < -0.39 is 12.0 Å². The Morgan fingerprint density at radius 2 is 2.08 bits per heavy atom. The fourth-order valence-electron chi connectivity index (χ4n) is 5.41. The molecule has 1 fully saturated rings. The number of amides is 1. The van der Waals surface area contributed by atoms with Gasteiger partial charge in [0.1, 0.15) is 5.75 Å². The molecule has 1 saturated heterocycles. The number of phenols is 1. The van der Waals surface area contributed by atoms with Gasteiger partial charge < -0.3 is 20.4 Å². The molecule has 4 rings (SSSR count). The lowest BCUT2D eigenvalue weighted by molar-refractivity contribution is -0.926. The zero-order chi connectivity index (χ0) is 17.3. The van der Waals surface area contributed by atoms with Crippen LogP contribution in [0, 0.1) is 5.92 Å². The van der Waals surface area contributed by atoms with Gasteiger partial charge in [0, 0.05) is 29.7 Å². The number of primary amides is 1. The van der Waals surface area contributed by atoms with Gasteiger partial charge in [-0.3, -0.25) is 4.79 Å². The molecule has 128 valence electrons. The summed E-state index contributed by atoms with van der Waals surface area (Å²) in [4.78, 5) is 11.7. The minimum atomic E-state index is -0.607. The monoisotopic (exact) mass is 329 g/mol. The summed E-state index contributed by atoms with van der Waals surface area (Å²) in [6.07, 6.45) is 5.84. The summed E-state index contributed by atoms with van der Waals surface area (Å²) in [7, 11) is 4.52. The molecule has 2 aliphatic carbocycles. The zero-order valence-electron chi connectivity index (χ0n) is 14.2. The minimum absolute atomic E-state index is 0.0261. The van der Waals surface area contributed by atoms with Crippen molar-refractivity contribution in [2.45, 2.75) is 36.8 Å². The van der Waals surface area contributed by atoms with Crippen LogP contribution in [-0.2, 0) is 11.8 Å². The van der Waals surface area contributed by atoms with Gasteiger partial charge in [-0.25, -0.2) is 0 Å². The fraction of sp³-hybridized carbons (Fsp3) is 0.526. The largest absolute Gasteiger partial charge is 0.507 e. The fourth-order valence-corrected chi connectivity index (χ4v) is 5.41. The molecule has 5 heteroatoms. The molecule has 3 aliphatic rings. The summed E-state index contributed by atoms with van der Waals surface area (Å²) in [5.74, 6) is -0.325. The molecule has 4 N–H and O–H groups in total. The number of quaternary nitrogens is 1. The molecule has 0 spiro atoms. The predicted octanol–water partition coefficient (Wildman–Crippen LogP) is 1.07. The van der Waals surface area contributed by atoms with Gasteiger partial charge in [0.2, 0.25) is 0 Å². The topological polar surface area (TPSA) is 83.5 Å². The Hall–Kier alpha value is -1.85. The van der Waals surface area contributed by atoms with Gasteiger partial charge in [0.25, 0.3) is 5.91 Å². The average molecular weight is 329 g/mol.